The van der Waals surface area contributed by atoms with Gasteiger partial charge in [-0.25, -0.2) is 0 Å². The number of hydrogen-bond acceptors (Lipinski definition) is 4. The van der Waals surface area contributed by atoms with Gasteiger partial charge in [0, 0.05) is 19.2 Å². The molecule has 2 aliphatic rings. The number of carbonyl (C=O) groups excluding carboxylic acids is 1. The molecule has 3 unspecified atom stereocenters. The van der Waals surface area contributed by atoms with E-state index in [0.717, 1.165) is 18.4 Å². The first-order valence-electron chi connectivity index (χ1n) is 8.52. The normalized spacial score (nSPS) is 30.0. The summed E-state index contributed by atoms with van der Waals surface area (Å²) >= 11 is 0. The van der Waals surface area contributed by atoms with Gasteiger partial charge in [0.05, 0.1) is 6.61 Å². The Morgan fingerprint density at radius 1 is 1.22 bits per heavy atom. The summed E-state index contributed by atoms with van der Waals surface area (Å²) in [6.45, 7) is 2.24. The van der Waals surface area contributed by atoms with Gasteiger partial charge in [0.1, 0.15) is 11.5 Å². The quantitative estimate of drug-likeness (QED) is 0.783. The van der Waals surface area contributed by atoms with E-state index < -0.39 is 5.41 Å². The van der Waals surface area contributed by atoms with Gasteiger partial charge in [-0.3, -0.25) is 4.79 Å². The van der Waals surface area contributed by atoms with Gasteiger partial charge in [-0.05, 0) is 45.2 Å². The Balaban J connectivity index is 1.72. The number of fused-ring (bicyclic) bond motifs is 2. The van der Waals surface area contributed by atoms with E-state index in [1.165, 1.54) is 12.8 Å². The molecule has 0 saturated carbocycles. The topological polar surface area (TPSA) is 38.8 Å². The summed E-state index contributed by atoms with van der Waals surface area (Å²) < 4.78 is 11.3. The maximum absolute atomic E-state index is 12.9. The molecule has 0 aromatic heterocycles. The minimum atomic E-state index is -0.752. The Morgan fingerprint density at radius 3 is 2.39 bits per heavy atom. The monoisotopic (exact) mass is 317 g/mol. The molecule has 0 aliphatic carbocycles. The highest BCUT2D eigenvalue weighted by atomic mass is 16.5. The number of benzene rings is 1. The Kier molecular flexibility index (Phi) is 4.74. The highest BCUT2D eigenvalue weighted by Crippen LogP contribution is 2.36. The molecule has 1 aromatic carbocycles. The van der Waals surface area contributed by atoms with Crippen LogP contribution in [0.5, 0.6) is 0 Å². The zero-order chi connectivity index (χ0) is 16.4. The molecule has 3 rings (SSSR count). The number of esters is 1. The van der Waals surface area contributed by atoms with Crippen LogP contribution in [-0.2, 0) is 19.7 Å². The van der Waals surface area contributed by atoms with Crippen LogP contribution in [0.3, 0.4) is 0 Å². The highest BCUT2D eigenvalue weighted by molar-refractivity contribution is 5.83. The van der Waals surface area contributed by atoms with Crippen molar-refractivity contribution >= 4 is 5.97 Å². The lowest BCUT2D eigenvalue weighted by atomic mass is 9.83. The van der Waals surface area contributed by atoms with E-state index in [2.05, 4.69) is 11.9 Å². The van der Waals surface area contributed by atoms with Crippen LogP contribution in [0.2, 0.25) is 0 Å². The van der Waals surface area contributed by atoms with Crippen LogP contribution >= 0.6 is 0 Å². The summed E-state index contributed by atoms with van der Waals surface area (Å²) in [5.74, 6) is -0.167. The molecule has 1 aromatic rings. The number of ether oxygens (including phenoxy) is 2. The molecule has 2 heterocycles. The molecular weight excluding hydrogens is 290 g/mol. The van der Waals surface area contributed by atoms with Gasteiger partial charge in [-0.15, -0.1) is 0 Å². The number of carbonyl (C=O) groups is 1. The molecule has 2 aliphatic heterocycles. The molecular formula is C19H27NO3. The van der Waals surface area contributed by atoms with Crippen molar-refractivity contribution < 1.29 is 14.3 Å². The zero-order valence-electron chi connectivity index (χ0n) is 14.3. The number of nitrogens with zero attached hydrogens (tertiary/aromatic N) is 1. The highest BCUT2D eigenvalue weighted by Gasteiger charge is 2.43. The van der Waals surface area contributed by atoms with Crippen LogP contribution in [-0.4, -0.2) is 49.8 Å². The maximum atomic E-state index is 12.9. The molecule has 4 heteroatoms. The largest absolute Gasteiger partial charge is 0.462 e. The van der Waals surface area contributed by atoms with Gasteiger partial charge in [0.25, 0.3) is 0 Å². The van der Waals surface area contributed by atoms with E-state index in [9.17, 15) is 4.79 Å². The molecule has 0 spiro atoms. The summed E-state index contributed by atoms with van der Waals surface area (Å²) in [6, 6.07) is 10.9. The second-order valence-electron chi connectivity index (χ2n) is 7.18. The van der Waals surface area contributed by atoms with Crippen molar-refractivity contribution in [1.82, 2.24) is 4.90 Å². The van der Waals surface area contributed by atoms with Crippen molar-refractivity contribution in [1.29, 1.82) is 0 Å². The second-order valence-corrected chi connectivity index (χ2v) is 7.18. The van der Waals surface area contributed by atoms with Gasteiger partial charge in [0.15, 0.2) is 0 Å². The number of piperidine rings is 1. The van der Waals surface area contributed by atoms with E-state index in [1.807, 2.05) is 37.3 Å². The molecule has 2 fully saturated rings. The lowest BCUT2D eigenvalue weighted by Crippen LogP contribution is -2.46. The number of rotatable bonds is 5. The smallest absolute Gasteiger partial charge is 0.318 e. The van der Waals surface area contributed by atoms with E-state index >= 15 is 0 Å². The second kappa shape index (κ2) is 6.62. The van der Waals surface area contributed by atoms with Crippen molar-refractivity contribution in [3.8, 4) is 0 Å². The zero-order valence-corrected chi connectivity index (χ0v) is 14.3. The average Bonchev–Trinajstić information content (AvgIpc) is 2.76. The third kappa shape index (κ3) is 3.15. The van der Waals surface area contributed by atoms with E-state index in [-0.39, 0.29) is 12.1 Å². The Hall–Kier alpha value is -1.39. The number of hydrogen-bond donors (Lipinski definition) is 0. The van der Waals surface area contributed by atoms with E-state index in [4.69, 9.17) is 9.47 Å². The fraction of sp³-hybridized carbons (Fsp3) is 0.632. The van der Waals surface area contributed by atoms with Crippen LogP contribution in [0, 0.1) is 0 Å². The van der Waals surface area contributed by atoms with Gasteiger partial charge in [0.2, 0.25) is 0 Å². The van der Waals surface area contributed by atoms with Crippen LogP contribution in [0.25, 0.3) is 0 Å². The molecule has 2 saturated heterocycles. The third-order valence-corrected chi connectivity index (χ3v) is 5.62. The van der Waals surface area contributed by atoms with Crippen molar-refractivity contribution in [2.24, 2.45) is 0 Å². The summed E-state index contributed by atoms with van der Waals surface area (Å²) in [5, 5.41) is 0. The molecule has 0 N–H and O–H groups in total. The van der Waals surface area contributed by atoms with Crippen molar-refractivity contribution in [2.45, 2.75) is 56.2 Å². The van der Waals surface area contributed by atoms with E-state index in [1.54, 1.807) is 7.11 Å². The SMILES string of the molecule is COCC(C)(C(=O)OC1CC2CCC(C1)N2C)c1ccccc1. The predicted octanol–water partition coefficient (Wildman–Crippen LogP) is 2.76. The summed E-state index contributed by atoms with van der Waals surface area (Å²) in [4.78, 5) is 15.4. The molecule has 3 atom stereocenters. The van der Waals surface area contributed by atoms with E-state index in [0.29, 0.717) is 18.7 Å². The van der Waals surface area contributed by atoms with Crippen molar-refractivity contribution in [3.63, 3.8) is 0 Å². The lowest BCUT2D eigenvalue weighted by Gasteiger charge is -2.37. The standard InChI is InChI=1S/C19H27NO3/c1-19(13-22-3,14-7-5-4-6-8-14)18(21)23-17-11-15-9-10-16(12-17)20(15)2/h4-8,15-17H,9-13H2,1-3H3. The maximum Gasteiger partial charge on any atom is 0.318 e. The first-order chi connectivity index (χ1) is 11.0. The Bertz CT molecular complexity index is 533. The van der Waals surface area contributed by atoms with Gasteiger partial charge >= 0.3 is 5.97 Å². The minimum absolute atomic E-state index is 0.0380. The average molecular weight is 317 g/mol. The van der Waals surface area contributed by atoms with Crippen molar-refractivity contribution in [2.75, 3.05) is 20.8 Å². The third-order valence-electron chi connectivity index (χ3n) is 5.62. The molecule has 126 valence electrons. The van der Waals surface area contributed by atoms with Gasteiger partial charge in [-0.2, -0.15) is 0 Å². The van der Waals surface area contributed by atoms with Crippen LogP contribution in [0.15, 0.2) is 30.3 Å². The molecule has 0 amide bonds. The molecule has 2 bridgehead atoms. The Morgan fingerprint density at radius 2 is 1.83 bits per heavy atom. The fourth-order valence-electron chi connectivity index (χ4n) is 4.09. The summed E-state index contributed by atoms with van der Waals surface area (Å²) in [7, 11) is 3.82. The molecule has 23 heavy (non-hydrogen) atoms. The minimum Gasteiger partial charge on any atom is -0.462 e. The van der Waals surface area contributed by atoms with Crippen LogP contribution < -0.4 is 0 Å². The van der Waals surface area contributed by atoms with Gasteiger partial charge < -0.3 is 14.4 Å². The molecule has 4 nitrogen and oxygen atoms in total. The van der Waals surface area contributed by atoms with Crippen LogP contribution in [0.4, 0.5) is 0 Å². The van der Waals surface area contributed by atoms with Crippen LogP contribution in [0.1, 0.15) is 38.2 Å². The number of methoxy groups -OCH3 is 1. The molecule has 0 radical (unpaired) electrons. The summed E-state index contributed by atoms with van der Waals surface area (Å²) in [6.07, 6.45) is 4.40. The first-order valence-corrected chi connectivity index (χ1v) is 8.52. The van der Waals surface area contributed by atoms with Gasteiger partial charge in [-0.1, -0.05) is 30.3 Å². The van der Waals surface area contributed by atoms with Crippen molar-refractivity contribution in [3.05, 3.63) is 35.9 Å². The summed E-state index contributed by atoms with van der Waals surface area (Å²) in [5.41, 5.74) is 0.195. The Labute approximate surface area is 138 Å². The fourth-order valence-corrected chi connectivity index (χ4v) is 4.09. The lowest BCUT2D eigenvalue weighted by molar-refractivity contribution is -0.161. The predicted molar refractivity (Wildman–Crippen MR) is 89.4 cm³/mol. The first kappa shape index (κ1) is 16.5.